The van der Waals surface area contributed by atoms with Crippen LogP contribution in [0.5, 0.6) is 5.88 Å². The monoisotopic (exact) mass is 350 g/mol. The molecular weight excluding hydrogens is 332 g/mol. The van der Waals surface area contributed by atoms with Crippen LogP contribution in [0.15, 0.2) is 76.0 Å². The maximum Gasteiger partial charge on any atom is 0.213 e. The molecule has 0 aliphatic heterocycles. The average Bonchev–Trinajstić information content (AvgIpc) is 2.67. The van der Waals surface area contributed by atoms with Gasteiger partial charge in [0.25, 0.3) is 0 Å². The van der Waals surface area contributed by atoms with E-state index in [4.69, 9.17) is 4.74 Å². The summed E-state index contributed by atoms with van der Waals surface area (Å²) in [6.07, 6.45) is 1.62. The summed E-state index contributed by atoms with van der Waals surface area (Å²) in [6.45, 7) is 1.99. The molecule has 3 rings (SSSR count). The smallest absolute Gasteiger partial charge is 0.213 e. The van der Waals surface area contributed by atoms with Crippen molar-refractivity contribution >= 4 is 17.2 Å². The summed E-state index contributed by atoms with van der Waals surface area (Å²) in [4.78, 5) is 5.11. The number of nitrogens with zero attached hydrogens (tertiary/aromatic N) is 2. The fraction of sp³-hybridized carbons (Fsp3) is 0.100. The lowest BCUT2D eigenvalue weighted by Crippen LogP contribution is -1.92. The number of hydrogen-bond acceptors (Lipinski definition) is 3. The second kappa shape index (κ2) is 7.85. The summed E-state index contributed by atoms with van der Waals surface area (Å²) in [5.41, 5.74) is 3.75. The summed E-state index contributed by atoms with van der Waals surface area (Å²) in [5.74, 6) is 0.567. The molecule has 0 aliphatic rings. The first-order chi connectivity index (χ1) is 12.2. The highest BCUT2D eigenvalue weighted by atomic mass is 32.2. The molecule has 0 unspecified atom stereocenters. The molecule has 0 saturated carbocycles. The third-order valence-corrected chi connectivity index (χ3v) is 4.61. The van der Waals surface area contributed by atoms with Gasteiger partial charge in [-0.15, -0.1) is 0 Å². The van der Waals surface area contributed by atoms with E-state index in [2.05, 4.69) is 9.38 Å². The fourth-order valence-corrected chi connectivity index (χ4v) is 3.00. The SMILES string of the molecule is COc1cccc(-c2cccc(/C=N/[S@](=O)c3ccc(C)cc3)c2)n1. The molecule has 0 radical (unpaired) electrons. The van der Waals surface area contributed by atoms with E-state index in [1.165, 1.54) is 0 Å². The number of aryl methyl sites for hydroxylation is 1. The molecule has 1 aromatic heterocycles. The van der Waals surface area contributed by atoms with E-state index in [0.29, 0.717) is 10.8 Å². The third kappa shape index (κ3) is 4.39. The molecule has 4 nitrogen and oxygen atoms in total. The standard InChI is InChI=1S/C20H18N2O2S/c1-15-9-11-18(12-10-15)25(23)21-14-16-5-3-6-17(13-16)19-7-4-8-20(22-19)24-2/h3-14H,1-2H3/b21-14+/t25-/m1/s1. The van der Waals surface area contributed by atoms with Gasteiger partial charge in [0.15, 0.2) is 11.0 Å². The molecule has 2 aromatic carbocycles. The van der Waals surface area contributed by atoms with Gasteiger partial charge < -0.3 is 4.74 Å². The van der Waals surface area contributed by atoms with Crippen LogP contribution in [0, 0.1) is 6.92 Å². The first kappa shape index (κ1) is 17.0. The minimum atomic E-state index is -1.41. The van der Waals surface area contributed by atoms with E-state index in [0.717, 1.165) is 22.4 Å². The van der Waals surface area contributed by atoms with Gasteiger partial charge >= 0.3 is 0 Å². The van der Waals surface area contributed by atoms with Gasteiger partial charge in [-0.05, 0) is 36.8 Å². The second-order valence-corrected chi connectivity index (χ2v) is 6.67. The van der Waals surface area contributed by atoms with Crippen molar-refractivity contribution in [3.05, 3.63) is 77.9 Å². The van der Waals surface area contributed by atoms with Gasteiger partial charge in [-0.2, -0.15) is 4.40 Å². The van der Waals surface area contributed by atoms with Gasteiger partial charge in [0.05, 0.1) is 17.7 Å². The molecule has 0 amide bonds. The topological polar surface area (TPSA) is 51.5 Å². The minimum Gasteiger partial charge on any atom is -0.481 e. The highest BCUT2D eigenvalue weighted by Gasteiger charge is 2.03. The number of hydrogen-bond donors (Lipinski definition) is 0. The van der Waals surface area contributed by atoms with E-state index < -0.39 is 11.0 Å². The lowest BCUT2D eigenvalue weighted by atomic mass is 10.1. The maximum absolute atomic E-state index is 12.3. The first-order valence-corrected chi connectivity index (χ1v) is 8.90. The van der Waals surface area contributed by atoms with Crippen LogP contribution >= 0.6 is 0 Å². The van der Waals surface area contributed by atoms with Gasteiger partial charge in [-0.3, -0.25) is 0 Å². The lowest BCUT2D eigenvalue weighted by molar-refractivity contribution is 0.398. The van der Waals surface area contributed by atoms with Crippen molar-refractivity contribution in [2.45, 2.75) is 11.8 Å². The van der Waals surface area contributed by atoms with E-state index in [-0.39, 0.29) is 0 Å². The van der Waals surface area contributed by atoms with E-state index in [1.807, 2.05) is 67.6 Å². The number of ether oxygens (including phenoxy) is 1. The minimum absolute atomic E-state index is 0.567. The molecule has 0 aliphatic carbocycles. The number of pyridine rings is 1. The Morgan fingerprint density at radius 1 is 1.04 bits per heavy atom. The Labute approximate surface area is 149 Å². The predicted molar refractivity (Wildman–Crippen MR) is 101 cm³/mol. The Morgan fingerprint density at radius 3 is 2.56 bits per heavy atom. The van der Waals surface area contributed by atoms with E-state index >= 15 is 0 Å². The Bertz CT molecular complexity index is 921. The van der Waals surface area contributed by atoms with Gasteiger partial charge in [0.1, 0.15) is 0 Å². The van der Waals surface area contributed by atoms with Gasteiger partial charge in [0, 0.05) is 17.8 Å². The number of rotatable bonds is 5. The highest BCUT2D eigenvalue weighted by molar-refractivity contribution is 7.83. The molecule has 0 N–H and O–H groups in total. The number of aromatic nitrogens is 1. The first-order valence-electron chi connectivity index (χ1n) is 7.80. The summed E-state index contributed by atoms with van der Waals surface area (Å²) < 4.78 is 21.6. The van der Waals surface area contributed by atoms with Crippen LogP contribution in [-0.2, 0) is 11.0 Å². The average molecular weight is 350 g/mol. The van der Waals surface area contributed by atoms with Crippen molar-refractivity contribution in [3.63, 3.8) is 0 Å². The Balaban J connectivity index is 1.81. The molecule has 0 spiro atoms. The fourth-order valence-electron chi connectivity index (χ4n) is 2.29. The van der Waals surface area contributed by atoms with Crippen LogP contribution in [0.25, 0.3) is 11.3 Å². The Hall–Kier alpha value is -2.79. The summed E-state index contributed by atoms with van der Waals surface area (Å²) >= 11 is 0. The molecular formula is C20H18N2O2S. The van der Waals surface area contributed by atoms with Crippen molar-refractivity contribution in [2.75, 3.05) is 7.11 Å². The van der Waals surface area contributed by atoms with Crippen LogP contribution in [0.1, 0.15) is 11.1 Å². The molecule has 5 heteroatoms. The van der Waals surface area contributed by atoms with Crippen molar-refractivity contribution in [1.82, 2.24) is 4.98 Å². The zero-order chi connectivity index (χ0) is 17.6. The molecule has 0 saturated heterocycles. The van der Waals surface area contributed by atoms with Gasteiger partial charge in [-0.25, -0.2) is 9.19 Å². The van der Waals surface area contributed by atoms with Crippen LogP contribution in [0.3, 0.4) is 0 Å². The Kier molecular flexibility index (Phi) is 5.36. The normalized spacial score (nSPS) is 12.2. The van der Waals surface area contributed by atoms with Gasteiger partial charge in [-0.1, -0.05) is 42.0 Å². The van der Waals surface area contributed by atoms with Gasteiger partial charge in [0.2, 0.25) is 5.88 Å². The quantitative estimate of drug-likeness (QED) is 0.648. The molecule has 25 heavy (non-hydrogen) atoms. The highest BCUT2D eigenvalue weighted by Crippen LogP contribution is 2.20. The van der Waals surface area contributed by atoms with Crippen LogP contribution in [-0.4, -0.2) is 22.5 Å². The largest absolute Gasteiger partial charge is 0.481 e. The van der Waals surface area contributed by atoms with Crippen LogP contribution < -0.4 is 4.74 Å². The molecule has 0 bridgehead atoms. The molecule has 1 atom stereocenters. The predicted octanol–water partition coefficient (Wildman–Crippen LogP) is 4.21. The molecule has 126 valence electrons. The lowest BCUT2D eigenvalue weighted by Gasteiger charge is -2.04. The number of benzene rings is 2. The van der Waals surface area contributed by atoms with Crippen molar-refractivity contribution in [3.8, 4) is 17.1 Å². The van der Waals surface area contributed by atoms with Crippen LogP contribution in [0.2, 0.25) is 0 Å². The maximum atomic E-state index is 12.3. The zero-order valence-corrected chi connectivity index (χ0v) is 14.9. The Morgan fingerprint density at radius 2 is 1.80 bits per heavy atom. The zero-order valence-electron chi connectivity index (χ0n) is 14.0. The van der Waals surface area contributed by atoms with Crippen molar-refractivity contribution in [1.29, 1.82) is 0 Å². The summed E-state index contributed by atoms with van der Waals surface area (Å²) in [6, 6.07) is 20.9. The molecule has 3 aromatic rings. The van der Waals surface area contributed by atoms with E-state index in [1.54, 1.807) is 19.4 Å². The summed E-state index contributed by atoms with van der Waals surface area (Å²) in [7, 11) is 0.178. The van der Waals surface area contributed by atoms with Crippen LogP contribution in [0.4, 0.5) is 0 Å². The molecule has 0 fully saturated rings. The van der Waals surface area contributed by atoms with Crippen molar-refractivity contribution < 1.29 is 8.95 Å². The van der Waals surface area contributed by atoms with Crippen molar-refractivity contribution in [2.24, 2.45) is 4.40 Å². The second-order valence-electron chi connectivity index (χ2n) is 5.49. The third-order valence-electron chi connectivity index (χ3n) is 3.64. The molecule has 1 heterocycles. The van der Waals surface area contributed by atoms with E-state index in [9.17, 15) is 4.21 Å². The number of methoxy groups -OCH3 is 1. The summed E-state index contributed by atoms with van der Waals surface area (Å²) in [5, 5.41) is 0.